The molecule has 25 heavy (non-hydrogen) atoms. The number of aromatic nitrogens is 3. The Balaban J connectivity index is 1.44. The number of anilines is 1. The number of hydrogen-bond acceptors (Lipinski definition) is 5. The van der Waals surface area contributed by atoms with Crippen LogP contribution in [0.3, 0.4) is 0 Å². The topological polar surface area (TPSA) is 79.8 Å². The van der Waals surface area contributed by atoms with Crippen LogP contribution in [0.5, 0.6) is 0 Å². The number of amides is 1. The third kappa shape index (κ3) is 5.38. The molecule has 6 nitrogen and oxygen atoms in total. The Morgan fingerprint density at radius 1 is 1.12 bits per heavy atom. The molecule has 0 aromatic carbocycles. The highest BCUT2D eigenvalue weighted by Crippen LogP contribution is 2.19. The summed E-state index contributed by atoms with van der Waals surface area (Å²) in [6.45, 7) is 1.20. The number of pyridine rings is 1. The maximum Gasteiger partial charge on any atom is 0.254 e. The van der Waals surface area contributed by atoms with E-state index >= 15 is 0 Å². The first-order chi connectivity index (χ1) is 12.3. The third-order valence-electron chi connectivity index (χ3n) is 4.18. The van der Waals surface area contributed by atoms with E-state index in [4.69, 9.17) is 0 Å². The molecule has 0 spiro atoms. The molecular weight excluding hydrogens is 314 g/mol. The highest BCUT2D eigenvalue weighted by Gasteiger charge is 2.08. The van der Waals surface area contributed by atoms with Gasteiger partial charge in [0.05, 0.1) is 17.8 Å². The summed E-state index contributed by atoms with van der Waals surface area (Å²) in [5.41, 5.74) is 2.77. The largest absolute Gasteiger partial charge is 0.354 e. The molecule has 2 heterocycles. The number of rotatable bonds is 7. The number of allylic oxidation sites excluding steroid dienone is 1. The third-order valence-corrected chi connectivity index (χ3v) is 4.18. The highest BCUT2D eigenvalue weighted by atomic mass is 16.1. The van der Waals surface area contributed by atoms with Gasteiger partial charge in [0, 0.05) is 25.1 Å². The predicted octanol–water partition coefficient (Wildman–Crippen LogP) is 3.10. The second-order valence-electron chi connectivity index (χ2n) is 6.08. The standard InChI is InChI=1S/C19H23N5O/c25-18(22-14-17-8-4-5-10-20-17)16-12-23-19(24-13-16)21-11-9-15-6-2-1-3-7-15/h4-6,8,10,12-13H,1-3,7,9,11,14H2,(H,22,25)(H,21,23,24). The summed E-state index contributed by atoms with van der Waals surface area (Å²) in [4.78, 5) is 24.7. The van der Waals surface area contributed by atoms with Crippen molar-refractivity contribution in [3.05, 3.63) is 59.7 Å². The summed E-state index contributed by atoms with van der Waals surface area (Å²) in [7, 11) is 0. The average Bonchev–Trinajstić information content (AvgIpc) is 2.68. The van der Waals surface area contributed by atoms with Gasteiger partial charge in [-0.05, 0) is 44.2 Å². The van der Waals surface area contributed by atoms with Crippen molar-refractivity contribution >= 4 is 11.9 Å². The van der Waals surface area contributed by atoms with Gasteiger partial charge in [-0.25, -0.2) is 9.97 Å². The normalized spacial score (nSPS) is 13.8. The molecule has 0 atom stereocenters. The Hall–Kier alpha value is -2.76. The molecule has 130 valence electrons. The van der Waals surface area contributed by atoms with E-state index in [9.17, 15) is 4.79 Å². The molecule has 1 aliphatic carbocycles. The fraction of sp³-hybridized carbons (Fsp3) is 0.368. The molecule has 0 fully saturated rings. The van der Waals surface area contributed by atoms with Crippen molar-refractivity contribution in [2.24, 2.45) is 0 Å². The molecule has 0 saturated heterocycles. The van der Waals surface area contributed by atoms with Crippen molar-refractivity contribution in [3.63, 3.8) is 0 Å². The van der Waals surface area contributed by atoms with E-state index in [1.807, 2.05) is 18.2 Å². The lowest BCUT2D eigenvalue weighted by molar-refractivity contribution is 0.0949. The first kappa shape index (κ1) is 17.1. The molecule has 3 rings (SSSR count). The number of nitrogens with zero attached hydrogens (tertiary/aromatic N) is 3. The summed E-state index contributed by atoms with van der Waals surface area (Å²) < 4.78 is 0. The summed E-state index contributed by atoms with van der Waals surface area (Å²) >= 11 is 0. The Bertz CT molecular complexity index is 712. The fourth-order valence-corrected chi connectivity index (χ4v) is 2.78. The monoisotopic (exact) mass is 337 g/mol. The minimum Gasteiger partial charge on any atom is -0.354 e. The van der Waals surface area contributed by atoms with Crippen LogP contribution < -0.4 is 10.6 Å². The predicted molar refractivity (Wildman–Crippen MR) is 97.1 cm³/mol. The van der Waals surface area contributed by atoms with E-state index in [1.54, 1.807) is 18.6 Å². The van der Waals surface area contributed by atoms with Crippen LogP contribution in [-0.2, 0) is 6.54 Å². The van der Waals surface area contributed by atoms with E-state index in [1.165, 1.54) is 31.3 Å². The van der Waals surface area contributed by atoms with E-state index in [0.29, 0.717) is 18.1 Å². The van der Waals surface area contributed by atoms with Crippen LogP contribution in [0.25, 0.3) is 0 Å². The van der Waals surface area contributed by atoms with E-state index in [0.717, 1.165) is 18.7 Å². The Labute approximate surface area is 147 Å². The van der Waals surface area contributed by atoms with Crippen LogP contribution in [-0.4, -0.2) is 27.4 Å². The molecule has 0 bridgehead atoms. The second kappa shape index (κ2) is 8.92. The summed E-state index contributed by atoms with van der Waals surface area (Å²) in [6, 6.07) is 5.60. The van der Waals surface area contributed by atoms with Gasteiger partial charge in [0.2, 0.25) is 5.95 Å². The molecular formula is C19H23N5O. The van der Waals surface area contributed by atoms with Crippen LogP contribution >= 0.6 is 0 Å². The van der Waals surface area contributed by atoms with Crippen molar-refractivity contribution in [1.82, 2.24) is 20.3 Å². The zero-order valence-corrected chi connectivity index (χ0v) is 14.2. The van der Waals surface area contributed by atoms with Gasteiger partial charge < -0.3 is 10.6 Å². The van der Waals surface area contributed by atoms with Gasteiger partial charge in [-0.3, -0.25) is 9.78 Å². The molecule has 6 heteroatoms. The van der Waals surface area contributed by atoms with Gasteiger partial charge in [-0.2, -0.15) is 0 Å². The van der Waals surface area contributed by atoms with Crippen LogP contribution in [0.4, 0.5) is 5.95 Å². The molecule has 2 aromatic rings. The smallest absolute Gasteiger partial charge is 0.254 e. The van der Waals surface area contributed by atoms with Gasteiger partial charge in [-0.15, -0.1) is 0 Å². The fourth-order valence-electron chi connectivity index (χ4n) is 2.78. The van der Waals surface area contributed by atoms with Crippen LogP contribution in [0.15, 0.2) is 48.4 Å². The van der Waals surface area contributed by atoms with Gasteiger partial charge in [0.15, 0.2) is 0 Å². The van der Waals surface area contributed by atoms with Gasteiger partial charge in [-0.1, -0.05) is 17.7 Å². The number of nitrogens with one attached hydrogen (secondary N) is 2. The van der Waals surface area contributed by atoms with Crippen molar-refractivity contribution in [2.75, 3.05) is 11.9 Å². The van der Waals surface area contributed by atoms with Gasteiger partial charge in [0.1, 0.15) is 0 Å². The quantitative estimate of drug-likeness (QED) is 0.759. The molecule has 1 aliphatic rings. The van der Waals surface area contributed by atoms with Crippen molar-refractivity contribution in [3.8, 4) is 0 Å². The Kier molecular flexibility index (Phi) is 6.09. The SMILES string of the molecule is O=C(NCc1ccccn1)c1cnc(NCCC2=CCCCC2)nc1. The number of carbonyl (C=O) groups excluding carboxylic acids is 1. The highest BCUT2D eigenvalue weighted by molar-refractivity contribution is 5.93. The Morgan fingerprint density at radius 2 is 2.00 bits per heavy atom. The number of hydrogen-bond donors (Lipinski definition) is 2. The first-order valence-corrected chi connectivity index (χ1v) is 8.73. The minimum absolute atomic E-state index is 0.204. The van der Waals surface area contributed by atoms with Crippen molar-refractivity contribution in [2.45, 2.75) is 38.6 Å². The molecule has 1 amide bonds. The molecule has 0 unspecified atom stereocenters. The summed E-state index contributed by atoms with van der Waals surface area (Å²) in [6.07, 6.45) is 13.2. The van der Waals surface area contributed by atoms with Crippen LogP contribution in [0.2, 0.25) is 0 Å². The minimum atomic E-state index is -0.204. The van der Waals surface area contributed by atoms with E-state index < -0.39 is 0 Å². The molecule has 0 aliphatic heterocycles. The van der Waals surface area contributed by atoms with Crippen molar-refractivity contribution < 1.29 is 4.79 Å². The van der Waals surface area contributed by atoms with Crippen LogP contribution in [0.1, 0.15) is 48.2 Å². The lowest BCUT2D eigenvalue weighted by Gasteiger charge is -2.12. The molecule has 0 radical (unpaired) electrons. The van der Waals surface area contributed by atoms with Gasteiger partial charge >= 0.3 is 0 Å². The average molecular weight is 337 g/mol. The second-order valence-corrected chi connectivity index (χ2v) is 6.08. The molecule has 2 aromatic heterocycles. The maximum absolute atomic E-state index is 12.1. The Morgan fingerprint density at radius 3 is 2.72 bits per heavy atom. The lowest BCUT2D eigenvalue weighted by atomic mass is 9.97. The van der Waals surface area contributed by atoms with E-state index in [2.05, 4.69) is 31.7 Å². The van der Waals surface area contributed by atoms with Crippen LogP contribution in [0, 0.1) is 0 Å². The zero-order chi connectivity index (χ0) is 17.3. The maximum atomic E-state index is 12.1. The summed E-state index contributed by atoms with van der Waals surface area (Å²) in [5.74, 6) is 0.349. The zero-order valence-electron chi connectivity index (χ0n) is 14.2. The molecule has 0 saturated carbocycles. The lowest BCUT2D eigenvalue weighted by Crippen LogP contribution is -2.23. The number of carbonyl (C=O) groups is 1. The first-order valence-electron chi connectivity index (χ1n) is 8.73. The molecule has 2 N–H and O–H groups in total. The van der Waals surface area contributed by atoms with Crippen molar-refractivity contribution in [1.29, 1.82) is 0 Å². The van der Waals surface area contributed by atoms with E-state index in [-0.39, 0.29) is 5.91 Å². The van der Waals surface area contributed by atoms with Gasteiger partial charge in [0.25, 0.3) is 5.91 Å². The summed E-state index contributed by atoms with van der Waals surface area (Å²) in [5, 5.41) is 6.02.